The van der Waals surface area contributed by atoms with Crippen molar-refractivity contribution in [3.05, 3.63) is 41.9 Å². The van der Waals surface area contributed by atoms with Crippen LogP contribution in [0.4, 0.5) is 0 Å². The third-order valence-electron chi connectivity index (χ3n) is 4.98. The molecule has 2 atom stereocenters. The molecule has 0 bridgehead atoms. The zero-order chi connectivity index (χ0) is 17.8. The minimum atomic E-state index is -0.266. The predicted molar refractivity (Wildman–Crippen MR) is 96.0 cm³/mol. The van der Waals surface area contributed by atoms with Gasteiger partial charge in [0, 0.05) is 37.9 Å². The number of aliphatic hydroxyl groups excluding tert-OH is 1. The maximum atomic E-state index is 12.3. The van der Waals surface area contributed by atoms with E-state index in [1.165, 1.54) is 0 Å². The summed E-state index contributed by atoms with van der Waals surface area (Å²) in [6.45, 7) is 2.55. The zero-order valence-corrected chi connectivity index (χ0v) is 14.9. The van der Waals surface area contributed by atoms with E-state index < -0.39 is 0 Å². The summed E-state index contributed by atoms with van der Waals surface area (Å²) >= 11 is 0. The molecule has 1 heterocycles. The lowest BCUT2D eigenvalue weighted by molar-refractivity contribution is -0.130. The van der Waals surface area contributed by atoms with E-state index in [0.717, 1.165) is 36.3 Å². The van der Waals surface area contributed by atoms with E-state index in [1.807, 2.05) is 44.3 Å². The third-order valence-corrected chi connectivity index (χ3v) is 4.98. The Morgan fingerprint density at radius 1 is 1.32 bits per heavy atom. The van der Waals surface area contributed by atoms with E-state index in [0.29, 0.717) is 25.3 Å². The van der Waals surface area contributed by atoms with E-state index >= 15 is 0 Å². The smallest absolute Gasteiger partial charge is 0.222 e. The lowest BCUT2D eigenvalue weighted by Gasteiger charge is -2.23. The van der Waals surface area contributed by atoms with Crippen molar-refractivity contribution in [2.24, 2.45) is 5.92 Å². The molecule has 1 aliphatic rings. The van der Waals surface area contributed by atoms with E-state index in [2.05, 4.69) is 4.98 Å². The molecule has 0 radical (unpaired) electrons. The van der Waals surface area contributed by atoms with Gasteiger partial charge in [-0.15, -0.1) is 0 Å². The van der Waals surface area contributed by atoms with Gasteiger partial charge in [0.15, 0.2) is 11.7 Å². The number of aromatic nitrogens is 1. The largest absolute Gasteiger partial charge is 0.440 e. The van der Waals surface area contributed by atoms with Crippen molar-refractivity contribution < 1.29 is 14.3 Å². The minimum Gasteiger partial charge on any atom is -0.440 e. The molecule has 1 saturated carbocycles. The van der Waals surface area contributed by atoms with Crippen LogP contribution in [0.1, 0.15) is 37.3 Å². The number of amides is 1. The van der Waals surface area contributed by atoms with Crippen molar-refractivity contribution in [2.75, 3.05) is 13.6 Å². The molecule has 5 nitrogen and oxygen atoms in total. The number of oxazole rings is 1. The molecule has 2 unspecified atom stereocenters. The number of carbonyl (C=O) groups excluding carboxylic acids is 1. The number of hydrogen-bond donors (Lipinski definition) is 1. The first-order chi connectivity index (χ1) is 12.0. The highest BCUT2D eigenvalue weighted by Crippen LogP contribution is 2.27. The summed E-state index contributed by atoms with van der Waals surface area (Å²) < 4.78 is 5.86. The lowest BCUT2D eigenvalue weighted by Crippen LogP contribution is -2.34. The number of benzene rings is 1. The van der Waals surface area contributed by atoms with Crippen LogP contribution in [0.25, 0.3) is 11.3 Å². The SMILES string of the molecule is Cc1nc(CCC(=O)N(C)CC2CCCC2O)oc1-c1ccccc1. The van der Waals surface area contributed by atoms with Gasteiger partial charge in [-0.3, -0.25) is 4.79 Å². The standard InChI is InChI=1S/C20H26N2O3/c1-14-20(15-7-4-3-5-8-15)25-18(21-14)11-12-19(24)22(2)13-16-9-6-10-17(16)23/h3-5,7-8,16-17,23H,6,9-13H2,1-2H3. The van der Waals surface area contributed by atoms with Gasteiger partial charge >= 0.3 is 0 Å². The van der Waals surface area contributed by atoms with Crippen molar-refractivity contribution in [2.45, 2.75) is 45.1 Å². The van der Waals surface area contributed by atoms with Crippen LogP contribution in [0.5, 0.6) is 0 Å². The second-order valence-corrected chi connectivity index (χ2v) is 6.92. The Kier molecular flexibility index (Phi) is 5.53. The molecule has 1 N–H and O–H groups in total. The maximum absolute atomic E-state index is 12.3. The molecule has 3 rings (SSSR count). The van der Waals surface area contributed by atoms with Crippen LogP contribution in [0.3, 0.4) is 0 Å². The first-order valence-corrected chi connectivity index (χ1v) is 8.98. The van der Waals surface area contributed by atoms with Crippen LogP contribution in [0.2, 0.25) is 0 Å². The van der Waals surface area contributed by atoms with Crippen LogP contribution >= 0.6 is 0 Å². The molecule has 25 heavy (non-hydrogen) atoms. The molecule has 1 fully saturated rings. The molecule has 2 aromatic rings. The number of rotatable bonds is 6. The Morgan fingerprint density at radius 3 is 2.76 bits per heavy atom. The molecule has 1 aromatic carbocycles. The molecule has 5 heteroatoms. The van der Waals surface area contributed by atoms with Crippen molar-refractivity contribution in [1.82, 2.24) is 9.88 Å². The van der Waals surface area contributed by atoms with Gasteiger partial charge in [-0.25, -0.2) is 4.98 Å². The highest BCUT2D eigenvalue weighted by molar-refractivity contribution is 5.76. The summed E-state index contributed by atoms with van der Waals surface area (Å²) in [4.78, 5) is 18.5. The molecule has 1 aromatic heterocycles. The summed E-state index contributed by atoms with van der Waals surface area (Å²) in [6, 6.07) is 9.87. The van der Waals surface area contributed by atoms with Gasteiger partial charge in [-0.05, 0) is 19.8 Å². The molecular weight excluding hydrogens is 316 g/mol. The van der Waals surface area contributed by atoms with Crippen molar-refractivity contribution >= 4 is 5.91 Å². The summed E-state index contributed by atoms with van der Waals surface area (Å²) in [5.41, 5.74) is 1.84. The molecule has 1 aliphatic carbocycles. The number of nitrogens with zero attached hydrogens (tertiary/aromatic N) is 2. The van der Waals surface area contributed by atoms with E-state index in [1.54, 1.807) is 4.90 Å². The number of carbonyl (C=O) groups is 1. The third kappa shape index (κ3) is 4.28. The highest BCUT2D eigenvalue weighted by atomic mass is 16.4. The van der Waals surface area contributed by atoms with Gasteiger partial charge in [0.2, 0.25) is 5.91 Å². The highest BCUT2D eigenvalue weighted by Gasteiger charge is 2.27. The Morgan fingerprint density at radius 2 is 2.08 bits per heavy atom. The van der Waals surface area contributed by atoms with E-state index in [-0.39, 0.29) is 17.9 Å². The zero-order valence-electron chi connectivity index (χ0n) is 14.9. The van der Waals surface area contributed by atoms with Crippen molar-refractivity contribution in [3.63, 3.8) is 0 Å². The number of aliphatic hydroxyl groups is 1. The predicted octanol–water partition coefficient (Wildman–Crippen LogP) is 3.20. The second-order valence-electron chi connectivity index (χ2n) is 6.92. The molecule has 1 amide bonds. The molecule has 0 spiro atoms. The van der Waals surface area contributed by atoms with Crippen molar-refractivity contribution in [3.8, 4) is 11.3 Å². The Labute approximate surface area is 148 Å². The fraction of sp³-hybridized carbons (Fsp3) is 0.500. The number of aryl methyl sites for hydroxylation is 2. The van der Waals surface area contributed by atoms with Crippen LogP contribution < -0.4 is 0 Å². The summed E-state index contributed by atoms with van der Waals surface area (Å²) in [7, 11) is 1.81. The van der Waals surface area contributed by atoms with Crippen LogP contribution in [-0.4, -0.2) is 40.6 Å². The lowest BCUT2D eigenvalue weighted by atomic mass is 10.1. The molecular formula is C20H26N2O3. The van der Waals surface area contributed by atoms with E-state index in [9.17, 15) is 9.90 Å². The van der Waals surface area contributed by atoms with Crippen LogP contribution in [0, 0.1) is 12.8 Å². The Hall–Kier alpha value is -2.14. The average molecular weight is 342 g/mol. The average Bonchev–Trinajstić information content (AvgIpc) is 3.19. The van der Waals surface area contributed by atoms with Gasteiger partial charge < -0.3 is 14.4 Å². The quantitative estimate of drug-likeness (QED) is 0.875. The van der Waals surface area contributed by atoms with Gasteiger partial charge in [0.25, 0.3) is 0 Å². The Balaban J connectivity index is 1.55. The first-order valence-electron chi connectivity index (χ1n) is 8.98. The summed E-state index contributed by atoms with van der Waals surface area (Å²) in [5, 5.41) is 9.91. The molecule has 0 aliphatic heterocycles. The second kappa shape index (κ2) is 7.83. The van der Waals surface area contributed by atoms with Crippen LogP contribution in [0.15, 0.2) is 34.7 Å². The van der Waals surface area contributed by atoms with Gasteiger partial charge in [-0.1, -0.05) is 36.8 Å². The monoisotopic (exact) mass is 342 g/mol. The van der Waals surface area contributed by atoms with Crippen LogP contribution in [-0.2, 0) is 11.2 Å². The minimum absolute atomic E-state index is 0.0659. The molecule has 134 valence electrons. The van der Waals surface area contributed by atoms with Crippen molar-refractivity contribution in [1.29, 1.82) is 0 Å². The fourth-order valence-electron chi connectivity index (χ4n) is 3.51. The first kappa shape index (κ1) is 17.7. The summed E-state index contributed by atoms with van der Waals surface area (Å²) in [6.07, 6.45) is 3.49. The van der Waals surface area contributed by atoms with Gasteiger partial charge in [0.05, 0.1) is 11.8 Å². The fourth-order valence-corrected chi connectivity index (χ4v) is 3.51. The maximum Gasteiger partial charge on any atom is 0.222 e. The normalized spacial score (nSPS) is 20.0. The van der Waals surface area contributed by atoms with E-state index in [4.69, 9.17) is 4.42 Å². The topological polar surface area (TPSA) is 66.6 Å². The van der Waals surface area contributed by atoms with Gasteiger partial charge in [0.1, 0.15) is 0 Å². The summed E-state index contributed by atoms with van der Waals surface area (Å²) in [5.74, 6) is 1.64. The Bertz CT molecular complexity index is 711. The number of hydrogen-bond acceptors (Lipinski definition) is 4. The van der Waals surface area contributed by atoms with Gasteiger partial charge in [-0.2, -0.15) is 0 Å². The molecule has 0 saturated heterocycles.